The molecular weight excluding hydrogens is 378 g/mol. The summed E-state index contributed by atoms with van der Waals surface area (Å²) < 4.78 is 10.3. The number of benzene rings is 3. The van der Waals surface area contributed by atoms with Crippen molar-refractivity contribution in [1.29, 1.82) is 0 Å². The summed E-state index contributed by atoms with van der Waals surface area (Å²) in [5.41, 5.74) is 2.19. The molecule has 3 rings (SSSR count). The number of halogens is 1. The smallest absolute Gasteiger partial charge is 0.344 e. The molecule has 142 valence electrons. The molecule has 0 saturated carbocycles. The maximum Gasteiger partial charge on any atom is 0.344 e. The van der Waals surface area contributed by atoms with Crippen molar-refractivity contribution in [3.05, 3.63) is 89.4 Å². The van der Waals surface area contributed by atoms with Crippen molar-refractivity contribution in [3.8, 4) is 5.75 Å². The van der Waals surface area contributed by atoms with Crippen LogP contribution in [0.25, 0.3) is 0 Å². The highest BCUT2D eigenvalue weighted by Crippen LogP contribution is 2.20. The Bertz CT molecular complexity index is 942. The number of nitrogens with one attached hydrogen (secondary N) is 1. The summed E-state index contributed by atoms with van der Waals surface area (Å²) in [6.07, 6.45) is 0. The van der Waals surface area contributed by atoms with Crippen LogP contribution in [-0.4, -0.2) is 25.0 Å². The third-order valence-corrected chi connectivity index (χ3v) is 4.14. The monoisotopic (exact) mass is 395 g/mol. The van der Waals surface area contributed by atoms with E-state index in [9.17, 15) is 9.59 Å². The van der Waals surface area contributed by atoms with Crippen LogP contribution in [0.5, 0.6) is 5.75 Å². The van der Waals surface area contributed by atoms with Crippen LogP contribution in [0.2, 0.25) is 5.02 Å². The fourth-order valence-corrected chi connectivity index (χ4v) is 2.66. The van der Waals surface area contributed by atoms with Gasteiger partial charge in [-0.1, -0.05) is 41.9 Å². The molecule has 0 spiro atoms. The molecule has 0 saturated heterocycles. The average molecular weight is 396 g/mol. The topological polar surface area (TPSA) is 64.6 Å². The minimum atomic E-state index is -0.633. The molecule has 0 amide bonds. The average Bonchev–Trinajstić information content (AvgIpc) is 2.72. The van der Waals surface area contributed by atoms with Crippen molar-refractivity contribution < 1.29 is 19.1 Å². The fraction of sp³-hybridized carbons (Fsp3) is 0.0909. The van der Waals surface area contributed by atoms with Gasteiger partial charge in [-0.2, -0.15) is 0 Å². The molecule has 0 aliphatic rings. The van der Waals surface area contributed by atoms with Crippen molar-refractivity contribution in [2.75, 3.05) is 18.5 Å². The van der Waals surface area contributed by atoms with E-state index in [4.69, 9.17) is 21.1 Å². The van der Waals surface area contributed by atoms with E-state index in [0.717, 1.165) is 11.4 Å². The van der Waals surface area contributed by atoms with Gasteiger partial charge in [0.15, 0.2) is 13.2 Å². The van der Waals surface area contributed by atoms with Gasteiger partial charge in [-0.25, -0.2) is 4.79 Å². The molecule has 0 unspecified atom stereocenters. The minimum Gasteiger partial charge on any atom is -0.482 e. The Balaban J connectivity index is 1.44. The summed E-state index contributed by atoms with van der Waals surface area (Å²) in [5.74, 6) is -0.477. The summed E-state index contributed by atoms with van der Waals surface area (Å²) in [4.78, 5) is 23.8. The van der Waals surface area contributed by atoms with Crippen LogP contribution in [0.15, 0.2) is 78.9 Å². The lowest BCUT2D eigenvalue weighted by Gasteiger charge is -2.09. The van der Waals surface area contributed by atoms with Gasteiger partial charge >= 0.3 is 5.97 Å². The number of hydrogen-bond acceptors (Lipinski definition) is 5. The van der Waals surface area contributed by atoms with Crippen molar-refractivity contribution in [3.63, 3.8) is 0 Å². The number of carbonyl (C=O) groups is 2. The molecule has 0 fully saturated rings. The number of anilines is 2. The van der Waals surface area contributed by atoms with Gasteiger partial charge < -0.3 is 14.8 Å². The first-order valence-corrected chi connectivity index (χ1v) is 8.98. The van der Waals surface area contributed by atoms with E-state index in [-0.39, 0.29) is 19.0 Å². The highest BCUT2D eigenvalue weighted by molar-refractivity contribution is 6.34. The molecule has 3 aromatic rings. The molecule has 0 aromatic heterocycles. The van der Waals surface area contributed by atoms with Crippen LogP contribution < -0.4 is 10.1 Å². The first-order chi connectivity index (χ1) is 13.6. The third kappa shape index (κ3) is 5.59. The number of esters is 1. The molecule has 1 N–H and O–H groups in total. The highest BCUT2D eigenvalue weighted by atomic mass is 35.5. The molecule has 3 aromatic carbocycles. The number of hydrogen-bond donors (Lipinski definition) is 1. The lowest BCUT2D eigenvalue weighted by Crippen LogP contribution is -2.19. The predicted molar refractivity (Wildman–Crippen MR) is 108 cm³/mol. The van der Waals surface area contributed by atoms with Crippen LogP contribution in [0, 0.1) is 0 Å². The Morgan fingerprint density at radius 2 is 1.43 bits per heavy atom. The van der Waals surface area contributed by atoms with Crippen molar-refractivity contribution in [2.45, 2.75) is 0 Å². The highest BCUT2D eigenvalue weighted by Gasteiger charge is 2.13. The third-order valence-electron chi connectivity index (χ3n) is 3.81. The maximum atomic E-state index is 12.0. The lowest BCUT2D eigenvalue weighted by molar-refractivity contribution is -0.144. The van der Waals surface area contributed by atoms with Gasteiger partial charge in [0, 0.05) is 16.9 Å². The van der Waals surface area contributed by atoms with E-state index in [1.165, 1.54) is 0 Å². The zero-order chi connectivity index (χ0) is 19.8. The number of Topliss-reactive ketones (excluding diaryl/α,β-unsaturated/α-hetero) is 1. The Labute approximate surface area is 167 Å². The van der Waals surface area contributed by atoms with Gasteiger partial charge in [-0.3, -0.25) is 4.79 Å². The summed E-state index contributed by atoms with van der Waals surface area (Å²) >= 11 is 5.95. The summed E-state index contributed by atoms with van der Waals surface area (Å²) in [5, 5.41) is 3.58. The number of ether oxygens (including phenoxy) is 2. The molecule has 0 bridgehead atoms. The van der Waals surface area contributed by atoms with E-state index in [2.05, 4.69) is 5.32 Å². The van der Waals surface area contributed by atoms with Crippen LogP contribution in [0.4, 0.5) is 11.4 Å². The van der Waals surface area contributed by atoms with E-state index in [0.29, 0.717) is 16.3 Å². The quantitative estimate of drug-likeness (QED) is 0.434. The zero-order valence-electron chi connectivity index (χ0n) is 14.9. The van der Waals surface area contributed by atoms with Gasteiger partial charge in [0.25, 0.3) is 0 Å². The summed E-state index contributed by atoms with van der Waals surface area (Å²) in [6.45, 7) is -0.673. The molecule has 0 atom stereocenters. The summed E-state index contributed by atoms with van der Waals surface area (Å²) in [7, 11) is 0. The molecule has 0 aliphatic heterocycles. The van der Waals surface area contributed by atoms with Crippen LogP contribution in [-0.2, 0) is 9.53 Å². The van der Waals surface area contributed by atoms with Crippen molar-refractivity contribution in [2.24, 2.45) is 0 Å². The summed E-state index contributed by atoms with van der Waals surface area (Å²) in [6, 6.07) is 23.5. The Kier molecular flexibility index (Phi) is 6.65. The van der Waals surface area contributed by atoms with Crippen LogP contribution in [0.1, 0.15) is 10.4 Å². The molecule has 0 radical (unpaired) electrons. The molecule has 5 nitrogen and oxygen atoms in total. The number of ketones is 1. The number of carbonyl (C=O) groups excluding carboxylic acids is 2. The standard InChI is InChI=1S/C22H18ClNO4/c23-20-9-5-4-8-19(20)21(25)14-28-22(26)15-27-18-12-10-17(11-13-18)24-16-6-2-1-3-7-16/h1-13,24H,14-15H2. The van der Waals surface area contributed by atoms with Gasteiger partial charge in [-0.05, 0) is 48.5 Å². The van der Waals surface area contributed by atoms with Gasteiger partial charge in [-0.15, -0.1) is 0 Å². The van der Waals surface area contributed by atoms with Crippen LogP contribution in [0.3, 0.4) is 0 Å². The Morgan fingerprint density at radius 1 is 0.786 bits per heavy atom. The van der Waals surface area contributed by atoms with Gasteiger partial charge in [0.1, 0.15) is 5.75 Å². The number of rotatable bonds is 8. The van der Waals surface area contributed by atoms with Gasteiger partial charge in [0.05, 0.1) is 5.02 Å². The maximum absolute atomic E-state index is 12.0. The molecule has 28 heavy (non-hydrogen) atoms. The van der Waals surface area contributed by atoms with Crippen molar-refractivity contribution >= 4 is 34.7 Å². The minimum absolute atomic E-state index is 0.290. The Hall–Kier alpha value is -3.31. The van der Waals surface area contributed by atoms with E-state index in [1.54, 1.807) is 36.4 Å². The second kappa shape index (κ2) is 9.58. The first-order valence-electron chi connectivity index (χ1n) is 8.60. The van der Waals surface area contributed by atoms with E-state index in [1.807, 2.05) is 42.5 Å². The molecular formula is C22H18ClNO4. The number of para-hydroxylation sites is 1. The zero-order valence-corrected chi connectivity index (χ0v) is 15.7. The fourth-order valence-electron chi connectivity index (χ4n) is 2.42. The lowest BCUT2D eigenvalue weighted by atomic mass is 10.1. The molecule has 6 heteroatoms. The van der Waals surface area contributed by atoms with Crippen molar-refractivity contribution in [1.82, 2.24) is 0 Å². The van der Waals surface area contributed by atoms with E-state index >= 15 is 0 Å². The second-order valence-corrected chi connectivity index (χ2v) is 6.27. The normalized spacial score (nSPS) is 10.2. The first kappa shape index (κ1) is 19.5. The Morgan fingerprint density at radius 3 is 2.14 bits per heavy atom. The van der Waals surface area contributed by atoms with E-state index < -0.39 is 5.97 Å². The SMILES string of the molecule is O=C(COc1ccc(Nc2ccccc2)cc1)OCC(=O)c1ccccc1Cl. The molecule has 0 heterocycles. The molecule has 0 aliphatic carbocycles. The predicted octanol–water partition coefficient (Wildman–Crippen LogP) is 4.89. The van der Waals surface area contributed by atoms with Crippen LogP contribution >= 0.6 is 11.6 Å². The second-order valence-electron chi connectivity index (χ2n) is 5.87. The largest absolute Gasteiger partial charge is 0.482 e. The van der Waals surface area contributed by atoms with Gasteiger partial charge in [0.2, 0.25) is 5.78 Å².